The molecule has 2 unspecified atom stereocenters. The zero-order valence-electron chi connectivity index (χ0n) is 12.6. The fourth-order valence-corrected chi connectivity index (χ4v) is 2.95. The van der Waals surface area contributed by atoms with E-state index in [1.165, 1.54) is 0 Å². The van der Waals surface area contributed by atoms with E-state index in [1.54, 1.807) is 12.0 Å². The van der Waals surface area contributed by atoms with Crippen LogP contribution in [0.5, 0.6) is 5.75 Å². The van der Waals surface area contributed by atoms with E-state index in [-0.39, 0.29) is 18.0 Å². The van der Waals surface area contributed by atoms with Gasteiger partial charge in [-0.2, -0.15) is 0 Å². The summed E-state index contributed by atoms with van der Waals surface area (Å²) in [5.74, 6) is 0.615. The number of hydrogen-bond donors (Lipinski definition) is 1. The van der Waals surface area contributed by atoms with E-state index in [2.05, 4.69) is 0 Å². The Kier molecular flexibility index (Phi) is 4.65. The van der Waals surface area contributed by atoms with Gasteiger partial charge in [0.1, 0.15) is 5.75 Å². The van der Waals surface area contributed by atoms with Crippen LogP contribution in [-0.4, -0.2) is 37.0 Å². The molecule has 1 aromatic rings. The van der Waals surface area contributed by atoms with Crippen molar-refractivity contribution in [2.75, 3.05) is 14.2 Å². The van der Waals surface area contributed by atoms with Crippen LogP contribution in [0, 0.1) is 6.92 Å². The molecule has 0 spiro atoms. The van der Waals surface area contributed by atoms with Crippen molar-refractivity contribution in [3.8, 4) is 5.75 Å². The number of carbonyl (C=O) groups excluding carboxylic acids is 1. The van der Waals surface area contributed by atoms with E-state index in [4.69, 9.17) is 10.5 Å². The normalized spacial score (nSPS) is 22.4. The summed E-state index contributed by atoms with van der Waals surface area (Å²) >= 11 is 0. The van der Waals surface area contributed by atoms with Crippen LogP contribution < -0.4 is 10.5 Å². The lowest BCUT2D eigenvalue weighted by Crippen LogP contribution is -2.50. The molecule has 0 aromatic heterocycles. The summed E-state index contributed by atoms with van der Waals surface area (Å²) < 4.78 is 5.31. The lowest BCUT2D eigenvalue weighted by molar-refractivity contribution is 0.0669. The highest BCUT2D eigenvalue weighted by Crippen LogP contribution is 2.26. The first-order valence-electron chi connectivity index (χ1n) is 7.22. The van der Waals surface area contributed by atoms with Gasteiger partial charge in [-0.1, -0.05) is 24.5 Å². The van der Waals surface area contributed by atoms with Gasteiger partial charge in [0.05, 0.1) is 12.7 Å². The van der Waals surface area contributed by atoms with Crippen molar-refractivity contribution in [3.63, 3.8) is 0 Å². The van der Waals surface area contributed by atoms with Gasteiger partial charge in [0, 0.05) is 19.1 Å². The number of nitrogens with zero attached hydrogens (tertiary/aromatic N) is 1. The quantitative estimate of drug-likeness (QED) is 0.922. The predicted octanol–water partition coefficient (Wildman–Crippen LogP) is 2.35. The van der Waals surface area contributed by atoms with Crippen LogP contribution in [0.2, 0.25) is 0 Å². The molecule has 1 aliphatic carbocycles. The Morgan fingerprint density at radius 1 is 1.35 bits per heavy atom. The largest absolute Gasteiger partial charge is 0.496 e. The average Bonchev–Trinajstić information content (AvgIpc) is 2.46. The minimum Gasteiger partial charge on any atom is -0.496 e. The van der Waals surface area contributed by atoms with Gasteiger partial charge in [0.15, 0.2) is 0 Å². The molecule has 1 fully saturated rings. The van der Waals surface area contributed by atoms with Crippen molar-refractivity contribution < 1.29 is 9.53 Å². The van der Waals surface area contributed by atoms with Gasteiger partial charge in [-0.3, -0.25) is 4.79 Å². The fraction of sp³-hybridized carbons (Fsp3) is 0.562. The second-order valence-electron chi connectivity index (χ2n) is 5.64. The molecule has 4 heteroatoms. The molecule has 0 bridgehead atoms. The van der Waals surface area contributed by atoms with Gasteiger partial charge in [0.2, 0.25) is 0 Å². The van der Waals surface area contributed by atoms with Crippen LogP contribution in [0.15, 0.2) is 18.2 Å². The Bertz CT molecular complexity index is 487. The molecule has 1 amide bonds. The SMILES string of the molecule is COc1ccc(C)cc1C(=O)N(C)C1CCCCC1N. The molecule has 2 rings (SSSR count). The smallest absolute Gasteiger partial charge is 0.257 e. The third-order valence-corrected chi connectivity index (χ3v) is 4.18. The maximum absolute atomic E-state index is 12.7. The Labute approximate surface area is 120 Å². The standard InChI is InChI=1S/C16H24N2O2/c1-11-8-9-15(20-3)12(10-11)16(19)18(2)14-7-5-4-6-13(14)17/h8-10,13-14H,4-7,17H2,1-3H3. The number of amides is 1. The maximum Gasteiger partial charge on any atom is 0.257 e. The van der Waals surface area contributed by atoms with Gasteiger partial charge in [-0.15, -0.1) is 0 Å². The van der Waals surface area contributed by atoms with Crippen molar-refractivity contribution in [2.24, 2.45) is 5.73 Å². The monoisotopic (exact) mass is 276 g/mol. The number of methoxy groups -OCH3 is 1. The average molecular weight is 276 g/mol. The number of aryl methyl sites for hydroxylation is 1. The van der Waals surface area contributed by atoms with E-state index in [1.807, 2.05) is 32.2 Å². The first-order chi connectivity index (χ1) is 9.54. The van der Waals surface area contributed by atoms with E-state index >= 15 is 0 Å². The number of likely N-dealkylation sites (N-methyl/N-ethyl adjacent to an activating group) is 1. The van der Waals surface area contributed by atoms with Crippen molar-refractivity contribution in [1.29, 1.82) is 0 Å². The minimum atomic E-state index is -0.00657. The zero-order valence-corrected chi connectivity index (χ0v) is 12.6. The van der Waals surface area contributed by atoms with Crippen LogP contribution in [0.4, 0.5) is 0 Å². The molecule has 1 aromatic carbocycles. The third kappa shape index (κ3) is 2.96. The number of ether oxygens (including phenoxy) is 1. The van der Waals surface area contributed by atoms with Crippen LogP contribution in [0.25, 0.3) is 0 Å². The summed E-state index contributed by atoms with van der Waals surface area (Å²) in [6, 6.07) is 5.88. The molecule has 2 N–H and O–H groups in total. The Morgan fingerprint density at radius 3 is 2.70 bits per heavy atom. The van der Waals surface area contributed by atoms with Gasteiger partial charge < -0.3 is 15.4 Å². The molecule has 110 valence electrons. The summed E-state index contributed by atoms with van der Waals surface area (Å²) in [7, 11) is 3.44. The highest BCUT2D eigenvalue weighted by Gasteiger charge is 2.29. The number of hydrogen-bond acceptors (Lipinski definition) is 3. The Hall–Kier alpha value is -1.55. The van der Waals surface area contributed by atoms with E-state index in [9.17, 15) is 4.79 Å². The molecular weight excluding hydrogens is 252 g/mol. The number of nitrogens with two attached hydrogens (primary N) is 1. The lowest BCUT2D eigenvalue weighted by Gasteiger charge is -2.36. The molecular formula is C16H24N2O2. The van der Waals surface area contributed by atoms with Gasteiger partial charge in [-0.25, -0.2) is 0 Å². The number of rotatable bonds is 3. The van der Waals surface area contributed by atoms with Gasteiger partial charge in [-0.05, 0) is 31.9 Å². The molecule has 0 heterocycles. The van der Waals surface area contributed by atoms with Crippen LogP contribution >= 0.6 is 0 Å². The van der Waals surface area contributed by atoms with Crippen LogP contribution in [0.3, 0.4) is 0 Å². The molecule has 20 heavy (non-hydrogen) atoms. The summed E-state index contributed by atoms with van der Waals surface area (Å²) in [6.07, 6.45) is 4.28. The summed E-state index contributed by atoms with van der Waals surface area (Å²) in [5.41, 5.74) is 7.84. The highest BCUT2D eigenvalue weighted by molar-refractivity contribution is 5.97. The van der Waals surface area contributed by atoms with Gasteiger partial charge >= 0.3 is 0 Å². The second kappa shape index (κ2) is 6.27. The molecule has 1 aliphatic rings. The lowest BCUT2D eigenvalue weighted by atomic mass is 9.89. The molecule has 0 aliphatic heterocycles. The van der Waals surface area contributed by atoms with E-state index in [0.29, 0.717) is 11.3 Å². The van der Waals surface area contributed by atoms with E-state index in [0.717, 1.165) is 31.2 Å². The van der Waals surface area contributed by atoms with Crippen molar-refractivity contribution in [2.45, 2.75) is 44.7 Å². The number of benzene rings is 1. The third-order valence-electron chi connectivity index (χ3n) is 4.18. The molecule has 2 atom stereocenters. The maximum atomic E-state index is 12.7. The van der Waals surface area contributed by atoms with Gasteiger partial charge in [0.25, 0.3) is 5.91 Å². The molecule has 4 nitrogen and oxygen atoms in total. The summed E-state index contributed by atoms with van der Waals surface area (Å²) in [6.45, 7) is 1.97. The molecule has 0 saturated heterocycles. The molecule has 1 saturated carbocycles. The van der Waals surface area contributed by atoms with E-state index < -0.39 is 0 Å². The van der Waals surface area contributed by atoms with Crippen LogP contribution in [0.1, 0.15) is 41.6 Å². The molecule has 0 radical (unpaired) electrons. The van der Waals surface area contributed by atoms with Crippen molar-refractivity contribution in [3.05, 3.63) is 29.3 Å². The summed E-state index contributed by atoms with van der Waals surface area (Å²) in [4.78, 5) is 14.5. The number of carbonyl (C=O) groups is 1. The topological polar surface area (TPSA) is 55.6 Å². The highest BCUT2D eigenvalue weighted by atomic mass is 16.5. The zero-order chi connectivity index (χ0) is 14.7. The van der Waals surface area contributed by atoms with Crippen molar-refractivity contribution in [1.82, 2.24) is 4.90 Å². The van der Waals surface area contributed by atoms with Crippen molar-refractivity contribution >= 4 is 5.91 Å². The Balaban J connectivity index is 2.23. The second-order valence-corrected chi connectivity index (χ2v) is 5.64. The minimum absolute atomic E-state index is 0.00657. The fourth-order valence-electron chi connectivity index (χ4n) is 2.95. The Morgan fingerprint density at radius 2 is 2.05 bits per heavy atom. The first-order valence-corrected chi connectivity index (χ1v) is 7.22. The predicted molar refractivity (Wildman–Crippen MR) is 80.1 cm³/mol. The summed E-state index contributed by atoms with van der Waals surface area (Å²) in [5, 5.41) is 0. The van der Waals surface area contributed by atoms with Crippen LogP contribution in [-0.2, 0) is 0 Å². The first kappa shape index (κ1) is 14.9.